The number of carbonyl (C=O) groups is 2. The van der Waals surface area contributed by atoms with Crippen LogP contribution in [0.4, 0.5) is 15.8 Å². The molecule has 0 unspecified atom stereocenters. The van der Waals surface area contributed by atoms with Gasteiger partial charge in [-0.25, -0.2) is 4.39 Å². The number of hydrogen-bond acceptors (Lipinski definition) is 3. The maximum absolute atomic E-state index is 14.2. The normalized spacial score (nSPS) is 18.8. The topological polar surface area (TPSA) is 66.6 Å². The number of hydrogen-bond donors (Lipinski definition) is 1. The zero-order valence-electron chi connectivity index (χ0n) is 11.5. The van der Waals surface area contributed by atoms with Gasteiger partial charge in [-0.2, -0.15) is 0 Å². The second-order valence-electron chi connectivity index (χ2n) is 5.13. The minimum absolute atomic E-state index is 0.0698. The molecule has 1 heterocycles. The van der Waals surface area contributed by atoms with Crippen LogP contribution in [0.25, 0.3) is 0 Å². The van der Waals surface area contributed by atoms with Crippen molar-refractivity contribution >= 4 is 23.7 Å². The summed E-state index contributed by atoms with van der Waals surface area (Å²) in [7, 11) is 0. The molecule has 0 spiro atoms. The Hall–Kier alpha value is -1.95. The molecule has 6 heteroatoms. The lowest BCUT2D eigenvalue weighted by molar-refractivity contribution is -0.118. The molecule has 1 atom stereocenters. The van der Waals surface area contributed by atoms with Crippen LogP contribution in [0.2, 0.25) is 0 Å². The van der Waals surface area contributed by atoms with E-state index in [-0.39, 0.29) is 17.6 Å². The Labute approximate surface area is 117 Å². The first kappa shape index (κ1) is 14.5. The monoisotopic (exact) mass is 279 g/mol. The van der Waals surface area contributed by atoms with Gasteiger partial charge in [0, 0.05) is 18.3 Å². The molecule has 2 amide bonds. The van der Waals surface area contributed by atoms with E-state index in [1.54, 1.807) is 6.07 Å². The van der Waals surface area contributed by atoms with E-state index >= 15 is 0 Å². The molecule has 0 radical (unpaired) electrons. The number of anilines is 2. The summed E-state index contributed by atoms with van der Waals surface area (Å²) < 4.78 is 14.2. The van der Waals surface area contributed by atoms with E-state index in [9.17, 15) is 14.0 Å². The molecule has 1 fully saturated rings. The predicted octanol–water partition coefficient (Wildman–Crippen LogP) is 1.26. The molecule has 2 N–H and O–H groups in total. The summed E-state index contributed by atoms with van der Waals surface area (Å²) in [5.74, 6) is -0.801. The van der Waals surface area contributed by atoms with Crippen LogP contribution in [0, 0.1) is 5.82 Å². The molecule has 1 aliphatic heterocycles. The average molecular weight is 279 g/mol. The Balaban J connectivity index is 2.31. The van der Waals surface area contributed by atoms with E-state index < -0.39 is 11.9 Å². The summed E-state index contributed by atoms with van der Waals surface area (Å²) in [6.45, 7) is 4.09. The third kappa shape index (κ3) is 2.51. The number of amides is 2. The van der Waals surface area contributed by atoms with Gasteiger partial charge in [-0.3, -0.25) is 9.59 Å². The Morgan fingerprint density at radius 1 is 1.50 bits per heavy atom. The van der Waals surface area contributed by atoms with Crippen molar-refractivity contribution in [2.45, 2.75) is 32.4 Å². The van der Waals surface area contributed by atoms with Gasteiger partial charge < -0.3 is 15.5 Å². The van der Waals surface area contributed by atoms with Crippen molar-refractivity contribution in [3.63, 3.8) is 0 Å². The highest BCUT2D eigenvalue weighted by atomic mass is 19.1. The Bertz CT molecular complexity index is 533. The van der Waals surface area contributed by atoms with Crippen LogP contribution < -0.4 is 15.5 Å². The number of nitrogens with two attached hydrogens (primary N) is 1. The molecule has 0 aliphatic carbocycles. The second kappa shape index (κ2) is 5.58. The van der Waals surface area contributed by atoms with Gasteiger partial charge >= 0.3 is 0 Å². The number of carbonyl (C=O) groups excluding carboxylic acids is 2. The van der Waals surface area contributed by atoms with Gasteiger partial charge in [0.1, 0.15) is 5.82 Å². The van der Waals surface area contributed by atoms with Crippen molar-refractivity contribution in [2.75, 3.05) is 16.3 Å². The SMILES string of the molecule is CC(C)N(C=O)c1ccc(N2CC[C@H](N)C2=O)c(F)c1. The van der Waals surface area contributed by atoms with Gasteiger partial charge in [-0.05, 0) is 38.5 Å². The third-order valence-corrected chi connectivity index (χ3v) is 3.44. The molecular formula is C14H18FN3O2. The first-order chi connectivity index (χ1) is 9.45. The molecule has 0 bridgehead atoms. The summed E-state index contributed by atoms with van der Waals surface area (Å²) in [6, 6.07) is 3.78. The quantitative estimate of drug-likeness (QED) is 0.844. The minimum Gasteiger partial charge on any atom is -0.320 e. The van der Waals surface area contributed by atoms with Gasteiger partial charge in [-0.15, -0.1) is 0 Å². The first-order valence-electron chi connectivity index (χ1n) is 6.56. The molecule has 0 aromatic heterocycles. The molecule has 20 heavy (non-hydrogen) atoms. The summed E-state index contributed by atoms with van der Waals surface area (Å²) in [4.78, 5) is 25.6. The second-order valence-corrected chi connectivity index (χ2v) is 5.13. The molecular weight excluding hydrogens is 261 g/mol. The Kier molecular flexibility index (Phi) is 4.04. The van der Waals surface area contributed by atoms with Crippen molar-refractivity contribution in [3.8, 4) is 0 Å². The van der Waals surface area contributed by atoms with E-state index in [2.05, 4.69) is 0 Å². The van der Waals surface area contributed by atoms with Gasteiger partial charge in [0.2, 0.25) is 12.3 Å². The summed E-state index contributed by atoms with van der Waals surface area (Å²) >= 11 is 0. The highest BCUT2D eigenvalue weighted by Gasteiger charge is 2.31. The predicted molar refractivity (Wildman–Crippen MR) is 75.0 cm³/mol. The van der Waals surface area contributed by atoms with Crippen molar-refractivity contribution in [2.24, 2.45) is 5.73 Å². The lowest BCUT2D eigenvalue weighted by atomic mass is 10.2. The van der Waals surface area contributed by atoms with Crippen LogP contribution in [0.3, 0.4) is 0 Å². The van der Waals surface area contributed by atoms with Gasteiger partial charge in [0.25, 0.3) is 0 Å². The highest BCUT2D eigenvalue weighted by Crippen LogP contribution is 2.28. The Morgan fingerprint density at radius 3 is 2.65 bits per heavy atom. The smallest absolute Gasteiger partial charge is 0.244 e. The molecule has 0 saturated carbocycles. The number of rotatable bonds is 4. The average Bonchev–Trinajstić information content (AvgIpc) is 2.71. The lowest BCUT2D eigenvalue weighted by Crippen LogP contribution is -2.34. The molecule has 5 nitrogen and oxygen atoms in total. The molecule has 2 rings (SSSR count). The molecule has 1 aliphatic rings. The summed E-state index contributed by atoms with van der Waals surface area (Å²) in [5, 5.41) is 0. The molecule has 1 aromatic carbocycles. The van der Waals surface area contributed by atoms with Gasteiger partial charge in [0.05, 0.1) is 11.7 Å². The zero-order chi connectivity index (χ0) is 14.9. The van der Waals surface area contributed by atoms with Crippen molar-refractivity contribution in [3.05, 3.63) is 24.0 Å². The maximum Gasteiger partial charge on any atom is 0.244 e. The first-order valence-corrected chi connectivity index (χ1v) is 6.56. The molecule has 108 valence electrons. The Morgan fingerprint density at radius 2 is 2.20 bits per heavy atom. The van der Waals surface area contributed by atoms with Gasteiger partial charge in [-0.1, -0.05) is 0 Å². The van der Waals surface area contributed by atoms with E-state index in [0.717, 1.165) is 0 Å². The molecule has 1 saturated heterocycles. The summed E-state index contributed by atoms with van der Waals surface area (Å²) in [6.07, 6.45) is 1.18. The number of halogens is 1. The minimum atomic E-state index is -0.559. The van der Waals surface area contributed by atoms with Crippen LogP contribution in [-0.4, -0.2) is 30.9 Å². The van der Waals surface area contributed by atoms with Crippen LogP contribution in [0.1, 0.15) is 20.3 Å². The summed E-state index contributed by atoms with van der Waals surface area (Å²) in [5.41, 5.74) is 6.30. The zero-order valence-corrected chi connectivity index (χ0v) is 11.5. The highest BCUT2D eigenvalue weighted by molar-refractivity contribution is 5.99. The van der Waals surface area contributed by atoms with Crippen LogP contribution in [-0.2, 0) is 9.59 Å². The van der Waals surface area contributed by atoms with Gasteiger partial charge in [0.15, 0.2) is 0 Å². The van der Waals surface area contributed by atoms with E-state index in [0.29, 0.717) is 25.1 Å². The number of benzene rings is 1. The van der Waals surface area contributed by atoms with Crippen LogP contribution >= 0.6 is 0 Å². The lowest BCUT2D eigenvalue weighted by Gasteiger charge is -2.23. The van der Waals surface area contributed by atoms with E-state index in [1.165, 1.54) is 21.9 Å². The fourth-order valence-electron chi connectivity index (χ4n) is 2.30. The van der Waals surface area contributed by atoms with Crippen molar-refractivity contribution < 1.29 is 14.0 Å². The van der Waals surface area contributed by atoms with Crippen molar-refractivity contribution in [1.82, 2.24) is 0 Å². The van der Waals surface area contributed by atoms with Crippen molar-refractivity contribution in [1.29, 1.82) is 0 Å². The van der Waals surface area contributed by atoms with E-state index in [1.807, 2.05) is 13.8 Å². The fraction of sp³-hybridized carbons (Fsp3) is 0.429. The largest absolute Gasteiger partial charge is 0.320 e. The number of nitrogens with zero attached hydrogens (tertiary/aromatic N) is 2. The molecule has 1 aromatic rings. The third-order valence-electron chi connectivity index (χ3n) is 3.44. The van der Waals surface area contributed by atoms with E-state index in [4.69, 9.17) is 5.73 Å². The van der Waals surface area contributed by atoms with Crippen LogP contribution in [0.5, 0.6) is 0 Å². The van der Waals surface area contributed by atoms with Crippen LogP contribution in [0.15, 0.2) is 18.2 Å². The maximum atomic E-state index is 14.2. The fourth-order valence-corrected chi connectivity index (χ4v) is 2.30. The standard InChI is InChI=1S/C14H18FN3O2/c1-9(2)18(8-19)10-3-4-13(11(15)7-10)17-6-5-12(16)14(17)20/h3-4,7-9,12H,5-6,16H2,1-2H3/t12-/m0/s1.